The summed E-state index contributed by atoms with van der Waals surface area (Å²) < 4.78 is 0. The monoisotopic (exact) mass is 169 g/mol. The van der Waals surface area contributed by atoms with E-state index in [9.17, 15) is 0 Å². The third kappa shape index (κ3) is 1.27. The molecule has 0 aromatic heterocycles. The van der Waals surface area contributed by atoms with E-state index in [1.807, 2.05) is 0 Å². The van der Waals surface area contributed by atoms with Gasteiger partial charge in [0.1, 0.15) is 0 Å². The van der Waals surface area contributed by atoms with Crippen LogP contribution in [0.25, 0.3) is 0 Å². The number of nitrogens with zero attached hydrogens (tertiary/aromatic N) is 1. The zero-order valence-corrected chi connectivity index (χ0v) is 7.92. The number of likely N-dealkylation sites (tertiary alicyclic amines) is 1. The Morgan fingerprint density at radius 1 is 1.33 bits per heavy atom. The van der Waals surface area contributed by atoms with Crippen molar-refractivity contribution in [3.63, 3.8) is 0 Å². The Balaban J connectivity index is 1.82. The van der Waals surface area contributed by atoms with Gasteiger partial charge >= 0.3 is 0 Å². The molecule has 0 unspecified atom stereocenters. The molecule has 1 saturated heterocycles. The van der Waals surface area contributed by atoms with E-state index in [1.54, 1.807) is 0 Å². The van der Waals surface area contributed by atoms with Gasteiger partial charge in [-0.1, -0.05) is 12.8 Å². The van der Waals surface area contributed by atoms with Crippen molar-refractivity contribution in [2.24, 2.45) is 5.41 Å². The van der Waals surface area contributed by atoms with Gasteiger partial charge in [-0.25, -0.2) is 0 Å². The zero-order valence-electron chi connectivity index (χ0n) is 7.92. The van der Waals surface area contributed by atoms with E-state index < -0.39 is 0 Å². The molecule has 2 heteroatoms. The van der Waals surface area contributed by atoms with E-state index in [4.69, 9.17) is 5.11 Å². The Labute approximate surface area is 74.6 Å². The lowest BCUT2D eigenvalue weighted by Crippen LogP contribution is -2.58. The van der Waals surface area contributed by atoms with E-state index in [1.165, 1.54) is 38.8 Å². The van der Waals surface area contributed by atoms with Crippen LogP contribution in [0.15, 0.2) is 0 Å². The molecule has 2 fully saturated rings. The van der Waals surface area contributed by atoms with Gasteiger partial charge in [-0.3, -0.25) is 4.90 Å². The van der Waals surface area contributed by atoms with Crippen LogP contribution in [0.5, 0.6) is 0 Å². The largest absolute Gasteiger partial charge is 0.395 e. The SMILES string of the molecule is C[C@H](CO)N1CC2(CCCC2)C1. The van der Waals surface area contributed by atoms with Gasteiger partial charge < -0.3 is 5.11 Å². The summed E-state index contributed by atoms with van der Waals surface area (Å²) >= 11 is 0. The molecule has 1 saturated carbocycles. The number of hydrogen-bond acceptors (Lipinski definition) is 2. The second kappa shape index (κ2) is 3.00. The molecular weight excluding hydrogens is 150 g/mol. The number of hydrogen-bond donors (Lipinski definition) is 1. The Kier molecular flexibility index (Phi) is 2.13. The van der Waals surface area contributed by atoms with Crippen molar-refractivity contribution in [1.82, 2.24) is 4.90 Å². The first-order valence-corrected chi connectivity index (χ1v) is 5.11. The highest BCUT2D eigenvalue weighted by atomic mass is 16.3. The van der Waals surface area contributed by atoms with Crippen molar-refractivity contribution in [2.45, 2.75) is 38.6 Å². The lowest BCUT2D eigenvalue weighted by Gasteiger charge is -2.50. The number of rotatable bonds is 2. The summed E-state index contributed by atoms with van der Waals surface area (Å²) in [5, 5.41) is 8.96. The van der Waals surface area contributed by atoms with Crippen LogP contribution in [0.1, 0.15) is 32.6 Å². The second-order valence-electron chi connectivity index (χ2n) is 4.64. The van der Waals surface area contributed by atoms with Crippen molar-refractivity contribution < 1.29 is 5.11 Å². The normalized spacial score (nSPS) is 30.5. The highest BCUT2D eigenvalue weighted by molar-refractivity contribution is 4.99. The molecule has 0 bridgehead atoms. The Morgan fingerprint density at radius 2 is 1.92 bits per heavy atom. The summed E-state index contributed by atoms with van der Waals surface area (Å²) in [6, 6.07) is 0.385. The topological polar surface area (TPSA) is 23.5 Å². The maximum Gasteiger partial charge on any atom is 0.0584 e. The summed E-state index contributed by atoms with van der Waals surface area (Å²) in [4.78, 5) is 2.41. The van der Waals surface area contributed by atoms with Crippen LogP contribution in [-0.4, -0.2) is 35.7 Å². The highest BCUT2D eigenvalue weighted by Crippen LogP contribution is 2.45. The fourth-order valence-electron chi connectivity index (χ4n) is 2.68. The summed E-state index contributed by atoms with van der Waals surface area (Å²) in [5.74, 6) is 0. The third-order valence-electron chi connectivity index (χ3n) is 3.63. The molecule has 12 heavy (non-hydrogen) atoms. The smallest absolute Gasteiger partial charge is 0.0584 e. The van der Waals surface area contributed by atoms with Crippen LogP contribution in [-0.2, 0) is 0 Å². The van der Waals surface area contributed by atoms with Crippen LogP contribution in [0, 0.1) is 5.41 Å². The molecule has 1 aliphatic carbocycles. The number of aliphatic hydroxyl groups excluding tert-OH is 1. The predicted octanol–water partition coefficient (Wildman–Crippen LogP) is 1.24. The molecule has 1 atom stereocenters. The minimum Gasteiger partial charge on any atom is -0.395 e. The van der Waals surface area contributed by atoms with Crippen molar-refractivity contribution in [3.05, 3.63) is 0 Å². The first-order chi connectivity index (χ1) is 5.76. The van der Waals surface area contributed by atoms with Gasteiger partial charge in [-0.15, -0.1) is 0 Å². The Hall–Kier alpha value is -0.0800. The molecule has 0 radical (unpaired) electrons. The Bertz CT molecular complexity index is 155. The van der Waals surface area contributed by atoms with Gasteiger partial charge in [0.2, 0.25) is 0 Å². The van der Waals surface area contributed by atoms with Crippen molar-refractivity contribution in [2.75, 3.05) is 19.7 Å². The predicted molar refractivity (Wildman–Crippen MR) is 49.0 cm³/mol. The average Bonchev–Trinajstić information content (AvgIpc) is 2.48. The maximum absolute atomic E-state index is 8.96. The van der Waals surface area contributed by atoms with E-state index in [2.05, 4.69) is 11.8 Å². The van der Waals surface area contributed by atoms with Gasteiger partial charge in [-0.05, 0) is 25.2 Å². The van der Waals surface area contributed by atoms with Gasteiger partial charge in [-0.2, -0.15) is 0 Å². The van der Waals surface area contributed by atoms with Crippen LogP contribution < -0.4 is 0 Å². The van der Waals surface area contributed by atoms with Crippen LogP contribution >= 0.6 is 0 Å². The Morgan fingerprint density at radius 3 is 2.42 bits per heavy atom. The van der Waals surface area contributed by atoms with E-state index in [0.717, 1.165) is 0 Å². The number of aliphatic hydroxyl groups is 1. The molecule has 0 aromatic carbocycles. The average molecular weight is 169 g/mol. The molecule has 0 aromatic rings. The lowest BCUT2D eigenvalue weighted by atomic mass is 9.77. The van der Waals surface area contributed by atoms with Gasteiger partial charge in [0, 0.05) is 19.1 Å². The molecular formula is C10H19NO. The van der Waals surface area contributed by atoms with Crippen molar-refractivity contribution in [1.29, 1.82) is 0 Å². The fraction of sp³-hybridized carbons (Fsp3) is 1.00. The van der Waals surface area contributed by atoms with Gasteiger partial charge in [0.15, 0.2) is 0 Å². The van der Waals surface area contributed by atoms with E-state index in [-0.39, 0.29) is 0 Å². The standard InChI is InChI=1S/C10H19NO/c1-9(6-12)11-7-10(8-11)4-2-3-5-10/h9,12H,2-8H2,1H3/t9-/m1/s1. The van der Waals surface area contributed by atoms with Crippen molar-refractivity contribution in [3.8, 4) is 0 Å². The summed E-state index contributed by atoms with van der Waals surface area (Å²) in [5.41, 5.74) is 0.684. The molecule has 0 amide bonds. The molecule has 70 valence electrons. The second-order valence-corrected chi connectivity index (χ2v) is 4.64. The van der Waals surface area contributed by atoms with Gasteiger partial charge in [0.25, 0.3) is 0 Å². The highest BCUT2D eigenvalue weighted by Gasteiger charge is 2.45. The van der Waals surface area contributed by atoms with Gasteiger partial charge in [0.05, 0.1) is 6.61 Å². The molecule has 1 aliphatic heterocycles. The van der Waals surface area contributed by atoms with E-state index >= 15 is 0 Å². The summed E-state index contributed by atoms with van der Waals surface area (Å²) in [7, 11) is 0. The lowest BCUT2D eigenvalue weighted by molar-refractivity contribution is -0.0360. The molecule has 1 heterocycles. The zero-order chi connectivity index (χ0) is 8.60. The quantitative estimate of drug-likeness (QED) is 0.672. The molecule has 1 spiro atoms. The van der Waals surface area contributed by atoms with Crippen LogP contribution in [0.4, 0.5) is 0 Å². The minimum absolute atomic E-state index is 0.316. The molecule has 2 rings (SSSR count). The van der Waals surface area contributed by atoms with Crippen LogP contribution in [0.3, 0.4) is 0 Å². The summed E-state index contributed by atoms with van der Waals surface area (Å²) in [6.07, 6.45) is 5.73. The third-order valence-corrected chi connectivity index (χ3v) is 3.63. The fourth-order valence-corrected chi connectivity index (χ4v) is 2.68. The molecule has 2 aliphatic rings. The van der Waals surface area contributed by atoms with Crippen LogP contribution in [0.2, 0.25) is 0 Å². The first kappa shape index (κ1) is 8.52. The maximum atomic E-state index is 8.96. The minimum atomic E-state index is 0.316. The summed E-state index contributed by atoms with van der Waals surface area (Å²) in [6.45, 7) is 4.92. The van der Waals surface area contributed by atoms with Crippen molar-refractivity contribution >= 4 is 0 Å². The first-order valence-electron chi connectivity index (χ1n) is 5.11. The molecule has 2 nitrogen and oxygen atoms in total. The molecule has 1 N–H and O–H groups in total. The van der Waals surface area contributed by atoms with E-state index in [0.29, 0.717) is 18.1 Å².